The van der Waals surface area contributed by atoms with E-state index >= 15 is 0 Å². The molecule has 1 fully saturated rings. The fourth-order valence-electron chi connectivity index (χ4n) is 1.76. The van der Waals surface area contributed by atoms with E-state index in [0.29, 0.717) is 11.2 Å². The van der Waals surface area contributed by atoms with Crippen LogP contribution in [0.3, 0.4) is 0 Å². The summed E-state index contributed by atoms with van der Waals surface area (Å²) in [4.78, 5) is 14.8. The van der Waals surface area contributed by atoms with Crippen molar-refractivity contribution in [3.8, 4) is 0 Å². The molecule has 2 N–H and O–H groups in total. The molecule has 0 radical (unpaired) electrons. The molecule has 86 valence electrons. The third kappa shape index (κ3) is 2.32. The molecule has 4 nitrogen and oxygen atoms in total. The van der Waals surface area contributed by atoms with Crippen molar-refractivity contribution in [2.24, 2.45) is 5.41 Å². The van der Waals surface area contributed by atoms with Crippen molar-refractivity contribution in [3.63, 3.8) is 0 Å². The number of aromatic nitrogens is 1. The van der Waals surface area contributed by atoms with Gasteiger partial charge in [-0.1, -0.05) is 13.0 Å². The summed E-state index contributed by atoms with van der Waals surface area (Å²) in [6.07, 6.45) is 3.68. The number of hydrogen-bond donors (Lipinski definition) is 2. The number of carboxylic acids is 1. The first-order valence-electron chi connectivity index (χ1n) is 5.59. The molecular formula is C12H16N2O2. The average Bonchev–Trinajstić information content (AvgIpc) is 3.07. The van der Waals surface area contributed by atoms with Crippen LogP contribution in [0.1, 0.15) is 36.7 Å². The van der Waals surface area contributed by atoms with Crippen LogP contribution in [0.2, 0.25) is 0 Å². The molecule has 16 heavy (non-hydrogen) atoms. The number of carbonyl (C=O) groups is 1. The minimum atomic E-state index is -0.986. The van der Waals surface area contributed by atoms with E-state index in [-0.39, 0.29) is 5.69 Å². The lowest BCUT2D eigenvalue weighted by atomic mass is 10.0. The Kier molecular flexibility index (Phi) is 2.81. The molecule has 0 saturated heterocycles. The van der Waals surface area contributed by atoms with Crippen LogP contribution in [0.4, 0.5) is 5.82 Å². The third-order valence-electron chi connectivity index (χ3n) is 3.32. The standard InChI is InChI=1S/C12H16N2O2/c1-2-12(6-7-12)8-13-10-5-3-4-9(14-10)11(15)16/h3-5H,2,6-8H2,1H3,(H,13,14)(H,15,16). The van der Waals surface area contributed by atoms with Crippen LogP contribution in [0.25, 0.3) is 0 Å². The molecule has 1 aliphatic rings. The maximum atomic E-state index is 10.7. The van der Waals surface area contributed by atoms with Gasteiger partial charge in [0, 0.05) is 6.54 Å². The van der Waals surface area contributed by atoms with Gasteiger partial charge in [0.25, 0.3) is 0 Å². The molecule has 1 aromatic heterocycles. The number of carboxylic acid groups (broad SMARTS) is 1. The van der Waals surface area contributed by atoms with E-state index in [1.165, 1.54) is 25.3 Å². The Morgan fingerprint density at radius 2 is 2.31 bits per heavy atom. The summed E-state index contributed by atoms with van der Waals surface area (Å²) >= 11 is 0. The Morgan fingerprint density at radius 1 is 1.56 bits per heavy atom. The zero-order valence-corrected chi connectivity index (χ0v) is 9.36. The van der Waals surface area contributed by atoms with Crippen LogP contribution in [0.15, 0.2) is 18.2 Å². The molecule has 1 aromatic rings. The topological polar surface area (TPSA) is 62.2 Å². The number of nitrogens with zero attached hydrogens (tertiary/aromatic N) is 1. The van der Waals surface area contributed by atoms with Gasteiger partial charge in [-0.05, 0) is 36.8 Å². The number of anilines is 1. The first kappa shape index (κ1) is 10.9. The first-order valence-corrected chi connectivity index (χ1v) is 5.59. The van der Waals surface area contributed by atoms with Gasteiger partial charge in [-0.15, -0.1) is 0 Å². The highest BCUT2D eigenvalue weighted by molar-refractivity contribution is 5.85. The highest BCUT2D eigenvalue weighted by Gasteiger charge is 2.40. The predicted octanol–water partition coefficient (Wildman–Crippen LogP) is 2.38. The molecule has 1 aliphatic carbocycles. The van der Waals surface area contributed by atoms with Crippen molar-refractivity contribution in [3.05, 3.63) is 23.9 Å². The Labute approximate surface area is 94.7 Å². The summed E-state index contributed by atoms with van der Waals surface area (Å²) in [6.45, 7) is 3.08. The second-order valence-electron chi connectivity index (χ2n) is 4.42. The molecule has 0 atom stereocenters. The lowest BCUT2D eigenvalue weighted by Crippen LogP contribution is -2.15. The van der Waals surface area contributed by atoms with Gasteiger partial charge in [-0.2, -0.15) is 0 Å². The van der Waals surface area contributed by atoms with Crippen molar-refractivity contribution in [1.82, 2.24) is 4.98 Å². The Bertz CT molecular complexity index is 400. The fourth-order valence-corrected chi connectivity index (χ4v) is 1.76. The van der Waals surface area contributed by atoms with E-state index < -0.39 is 5.97 Å². The number of nitrogens with one attached hydrogen (secondary N) is 1. The Morgan fingerprint density at radius 3 is 2.88 bits per heavy atom. The number of hydrogen-bond acceptors (Lipinski definition) is 3. The molecule has 0 unspecified atom stereocenters. The minimum absolute atomic E-state index is 0.0892. The summed E-state index contributed by atoms with van der Waals surface area (Å²) in [5.41, 5.74) is 0.521. The molecule has 4 heteroatoms. The summed E-state index contributed by atoms with van der Waals surface area (Å²) in [6, 6.07) is 5.02. The molecular weight excluding hydrogens is 204 g/mol. The largest absolute Gasteiger partial charge is 0.477 e. The Hall–Kier alpha value is -1.58. The molecule has 0 bridgehead atoms. The smallest absolute Gasteiger partial charge is 0.354 e. The van der Waals surface area contributed by atoms with Gasteiger partial charge in [0.1, 0.15) is 5.82 Å². The van der Waals surface area contributed by atoms with Gasteiger partial charge in [0.15, 0.2) is 5.69 Å². The lowest BCUT2D eigenvalue weighted by Gasteiger charge is -2.13. The van der Waals surface area contributed by atoms with Crippen LogP contribution < -0.4 is 5.32 Å². The van der Waals surface area contributed by atoms with Gasteiger partial charge < -0.3 is 10.4 Å². The zero-order chi connectivity index (χ0) is 11.6. The SMILES string of the molecule is CCC1(CNc2cccc(C(=O)O)n2)CC1. The van der Waals surface area contributed by atoms with Crippen molar-refractivity contribution >= 4 is 11.8 Å². The molecule has 0 aromatic carbocycles. The molecule has 0 spiro atoms. The van der Waals surface area contributed by atoms with Crippen molar-refractivity contribution in [2.45, 2.75) is 26.2 Å². The van der Waals surface area contributed by atoms with E-state index in [2.05, 4.69) is 17.2 Å². The van der Waals surface area contributed by atoms with E-state index in [1.807, 2.05) is 0 Å². The van der Waals surface area contributed by atoms with E-state index in [4.69, 9.17) is 5.11 Å². The number of pyridine rings is 1. The second-order valence-corrected chi connectivity index (χ2v) is 4.42. The van der Waals surface area contributed by atoms with Crippen LogP contribution in [0.5, 0.6) is 0 Å². The summed E-state index contributed by atoms with van der Waals surface area (Å²) < 4.78 is 0. The van der Waals surface area contributed by atoms with Crippen LogP contribution in [0, 0.1) is 5.41 Å². The second kappa shape index (κ2) is 4.12. The van der Waals surface area contributed by atoms with Crippen molar-refractivity contribution < 1.29 is 9.90 Å². The molecule has 0 amide bonds. The molecule has 1 heterocycles. The summed E-state index contributed by atoms with van der Waals surface area (Å²) in [5.74, 6) is -0.333. The van der Waals surface area contributed by atoms with Crippen molar-refractivity contribution in [2.75, 3.05) is 11.9 Å². The van der Waals surface area contributed by atoms with Crippen LogP contribution >= 0.6 is 0 Å². The zero-order valence-electron chi connectivity index (χ0n) is 9.36. The van der Waals surface area contributed by atoms with E-state index in [1.54, 1.807) is 12.1 Å². The maximum absolute atomic E-state index is 10.7. The predicted molar refractivity (Wildman–Crippen MR) is 61.6 cm³/mol. The fraction of sp³-hybridized carbons (Fsp3) is 0.500. The highest BCUT2D eigenvalue weighted by Crippen LogP contribution is 2.48. The van der Waals surface area contributed by atoms with Gasteiger partial charge in [-0.25, -0.2) is 9.78 Å². The molecule has 0 aliphatic heterocycles. The highest BCUT2D eigenvalue weighted by atomic mass is 16.4. The van der Waals surface area contributed by atoms with Gasteiger partial charge in [-0.3, -0.25) is 0 Å². The van der Waals surface area contributed by atoms with Crippen LogP contribution in [-0.2, 0) is 0 Å². The quantitative estimate of drug-likeness (QED) is 0.799. The molecule has 2 rings (SSSR count). The number of rotatable bonds is 5. The lowest BCUT2D eigenvalue weighted by molar-refractivity contribution is 0.0690. The first-order chi connectivity index (χ1) is 7.65. The molecule has 1 saturated carbocycles. The minimum Gasteiger partial charge on any atom is -0.477 e. The van der Waals surface area contributed by atoms with Gasteiger partial charge >= 0.3 is 5.97 Å². The average molecular weight is 220 g/mol. The summed E-state index contributed by atoms with van der Waals surface area (Å²) in [7, 11) is 0. The number of aromatic carboxylic acids is 1. The van der Waals surface area contributed by atoms with E-state index in [9.17, 15) is 4.79 Å². The monoisotopic (exact) mass is 220 g/mol. The van der Waals surface area contributed by atoms with Crippen LogP contribution in [-0.4, -0.2) is 22.6 Å². The van der Waals surface area contributed by atoms with Crippen molar-refractivity contribution in [1.29, 1.82) is 0 Å². The summed E-state index contributed by atoms with van der Waals surface area (Å²) in [5, 5.41) is 12.0. The van der Waals surface area contributed by atoms with E-state index in [0.717, 1.165) is 6.54 Å². The van der Waals surface area contributed by atoms with Gasteiger partial charge in [0.05, 0.1) is 0 Å². The maximum Gasteiger partial charge on any atom is 0.354 e. The van der Waals surface area contributed by atoms with Gasteiger partial charge in [0.2, 0.25) is 0 Å². The Balaban J connectivity index is 1.99. The normalized spacial score (nSPS) is 16.8. The third-order valence-corrected chi connectivity index (χ3v) is 3.32.